The SMILES string of the molecule is COc1cc(NC(=O)C2CC(=O)N(c3ccccc3Cl)C2)cc(OC)c1OC. The van der Waals surface area contributed by atoms with Crippen molar-refractivity contribution in [3.63, 3.8) is 0 Å². The van der Waals surface area contributed by atoms with Gasteiger partial charge < -0.3 is 24.4 Å². The van der Waals surface area contributed by atoms with Crippen LogP contribution in [0.4, 0.5) is 11.4 Å². The van der Waals surface area contributed by atoms with Crippen molar-refractivity contribution >= 4 is 34.8 Å². The van der Waals surface area contributed by atoms with Crippen molar-refractivity contribution < 1.29 is 23.8 Å². The first-order chi connectivity index (χ1) is 13.5. The molecule has 1 aliphatic rings. The molecule has 3 rings (SSSR count). The van der Waals surface area contributed by atoms with E-state index in [2.05, 4.69) is 5.32 Å². The number of methoxy groups -OCH3 is 3. The lowest BCUT2D eigenvalue weighted by Crippen LogP contribution is -2.28. The van der Waals surface area contributed by atoms with Crippen LogP contribution in [0.25, 0.3) is 0 Å². The van der Waals surface area contributed by atoms with Gasteiger partial charge >= 0.3 is 0 Å². The maximum absolute atomic E-state index is 12.7. The van der Waals surface area contributed by atoms with E-state index in [1.165, 1.54) is 21.3 Å². The number of rotatable bonds is 6. The topological polar surface area (TPSA) is 77.1 Å². The van der Waals surface area contributed by atoms with Gasteiger partial charge in [-0.25, -0.2) is 0 Å². The van der Waals surface area contributed by atoms with Crippen LogP contribution in [0.15, 0.2) is 36.4 Å². The van der Waals surface area contributed by atoms with Crippen molar-refractivity contribution in [2.75, 3.05) is 38.1 Å². The standard InChI is InChI=1S/C20H21ClN2O5/c1-26-16-9-13(10-17(27-2)19(16)28-3)22-20(25)12-8-18(24)23(11-12)15-7-5-4-6-14(15)21/h4-7,9-10,12H,8,11H2,1-3H3,(H,22,25). The number of carbonyl (C=O) groups excluding carboxylic acids is 2. The molecule has 0 aromatic heterocycles. The fourth-order valence-electron chi connectivity index (χ4n) is 3.18. The molecule has 0 spiro atoms. The van der Waals surface area contributed by atoms with E-state index < -0.39 is 5.92 Å². The fourth-order valence-corrected chi connectivity index (χ4v) is 3.42. The van der Waals surface area contributed by atoms with Gasteiger partial charge in [-0.15, -0.1) is 0 Å². The lowest BCUT2D eigenvalue weighted by Gasteiger charge is -2.18. The third kappa shape index (κ3) is 3.84. The predicted octanol–water partition coefficient (Wildman–Crippen LogP) is 3.36. The van der Waals surface area contributed by atoms with Gasteiger partial charge in [0, 0.05) is 30.8 Å². The van der Waals surface area contributed by atoms with Crippen molar-refractivity contribution in [2.45, 2.75) is 6.42 Å². The number of halogens is 1. The largest absolute Gasteiger partial charge is 0.493 e. The van der Waals surface area contributed by atoms with E-state index in [-0.39, 0.29) is 24.8 Å². The molecule has 0 radical (unpaired) electrons. The van der Waals surface area contributed by atoms with Gasteiger partial charge in [0.2, 0.25) is 17.6 Å². The maximum atomic E-state index is 12.7. The smallest absolute Gasteiger partial charge is 0.229 e. The summed E-state index contributed by atoms with van der Waals surface area (Å²) in [6.07, 6.45) is 0.113. The minimum Gasteiger partial charge on any atom is -0.493 e. The first-order valence-corrected chi connectivity index (χ1v) is 9.02. The lowest BCUT2D eigenvalue weighted by atomic mass is 10.1. The number of nitrogens with zero attached hydrogens (tertiary/aromatic N) is 1. The number of para-hydroxylation sites is 1. The molecule has 148 valence electrons. The van der Waals surface area contributed by atoms with E-state index in [9.17, 15) is 9.59 Å². The molecule has 0 saturated carbocycles. The van der Waals surface area contributed by atoms with E-state index in [0.29, 0.717) is 33.6 Å². The molecule has 0 bridgehead atoms. The fraction of sp³-hybridized carbons (Fsp3) is 0.300. The van der Waals surface area contributed by atoms with Crippen molar-refractivity contribution in [3.8, 4) is 17.2 Å². The highest BCUT2D eigenvalue weighted by Gasteiger charge is 2.36. The van der Waals surface area contributed by atoms with Gasteiger partial charge in [-0.1, -0.05) is 23.7 Å². The van der Waals surface area contributed by atoms with Crippen molar-refractivity contribution in [2.24, 2.45) is 5.92 Å². The Bertz CT molecular complexity index is 877. The molecule has 1 heterocycles. The van der Waals surface area contributed by atoms with E-state index >= 15 is 0 Å². The number of anilines is 2. The molecule has 1 fully saturated rings. The molecule has 8 heteroatoms. The molecule has 7 nitrogen and oxygen atoms in total. The Labute approximate surface area is 168 Å². The monoisotopic (exact) mass is 404 g/mol. The highest BCUT2D eigenvalue weighted by molar-refractivity contribution is 6.33. The highest BCUT2D eigenvalue weighted by Crippen LogP contribution is 2.40. The highest BCUT2D eigenvalue weighted by atomic mass is 35.5. The molecule has 0 aliphatic carbocycles. The predicted molar refractivity (Wildman–Crippen MR) is 107 cm³/mol. The third-order valence-electron chi connectivity index (χ3n) is 4.57. The first kappa shape index (κ1) is 19.8. The first-order valence-electron chi connectivity index (χ1n) is 8.64. The Morgan fingerprint density at radius 1 is 1.11 bits per heavy atom. The molecule has 1 N–H and O–H groups in total. The number of benzene rings is 2. The van der Waals surface area contributed by atoms with Crippen LogP contribution in [0, 0.1) is 5.92 Å². The van der Waals surface area contributed by atoms with Crippen LogP contribution in [-0.4, -0.2) is 39.7 Å². The summed E-state index contributed by atoms with van der Waals surface area (Å²) in [5.41, 5.74) is 1.10. The summed E-state index contributed by atoms with van der Waals surface area (Å²) in [4.78, 5) is 26.7. The zero-order valence-electron chi connectivity index (χ0n) is 15.8. The molecule has 1 aliphatic heterocycles. The molecular weight excluding hydrogens is 384 g/mol. The Balaban J connectivity index is 1.77. The molecule has 2 amide bonds. The lowest BCUT2D eigenvalue weighted by molar-refractivity contribution is -0.122. The third-order valence-corrected chi connectivity index (χ3v) is 4.89. The zero-order chi connectivity index (χ0) is 20.3. The Morgan fingerprint density at radius 3 is 2.32 bits per heavy atom. The second-order valence-corrected chi connectivity index (χ2v) is 6.67. The summed E-state index contributed by atoms with van der Waals surface area (Å²) >= 11 is 6.19. The van der Waals surface area contributed by atoms with Gasteiger partial charge in [-0.3, -0.25) is 9.59 Å². The zero-order valence-corrected chi connectivity index (χ0v) is 16.6. The minimum absolute atomic E-state index is 0.113. The normalized spacial score (nSPS) is 16.1. The minimum atomic E-state index is -0.497. The van der Waals surface area contributed by atoms with Crippen LogP contribution >= 0.6 is 11.6 Å². The maximum Gasteiger partial charge on any atom is 0.229 e. The van der Waals surface area contributed by atoms with Crippen LogP contribution in [0.5, 0.6) is 17.2 Å². The molecule has 1 unspecified atom stereocenters. The van der Waals surface area contributed by atoms with Gasteiger partial charge in [0.15, 0.2) is 11.5 Å². The Morgan fingerprint density at radius 2 is 1.75 bits per heavy atom. The molecule has 28 heavy (non-hydrogen) atoms. The van der Waals surface area contributed by atoms with E-state index in [1.54, 1.807) is 41.3 Å². The summed E-state index contributed by atoms with van der Waals surface area (Å²) in [6, 6.07) is 10.4. The average molecular weight is 405 g/mol. The number of nitrogens with one attached hydrogen (secondary N) is 1. The van der Waals surface area contributed by atoms with Crippen LogP contribution in [0.2, 0.25) is 5.02 Å². The second-order valence-electron chi connectivity index (χ2n) is 6.26. The summed E-state index contributed by atoms with van der Waals surface area (Å²) in [5.74, 6) is 0.386. The van der Waals surface area contributed by atoms with Crippen molar-refractivity contribution in [1.29, 1.82) is 0 Å². The molecule has 2 aromatic carbocycles. The van der Waals surface area contributed by atoms with Crippen LogP contribution in [-0.2, 0) is 9.59 Å². The Kier molecular flexibility index (Phi) is 5.94. The second kappa shape index (κ2) is 8.39. The van der Waals surface area contributed by atoms with E-state index in [1.807, 2.05) is 0 Å². The summed E-state index contributed by atoms with van der Waals surface area (Å²) in [7, 11) is 4.51. The van der Waals surface area contributed by atoms with Crippen LogP contribution in [0.1, 0.15) is 6.42 Å². The van der Waals surface area contributed by atoms with Gasteiger partial charge in [0.05, 0.1) is 38.0 Å². The number of carbonyl (C=O) groups is 2. The summed E-state index contributed by atoms with van der Waals surface area (Å²) < 4.78 is 15.9. The molecule has 2 aromatic rings. The van der Waals surface area contributed by atoms with Gasteiger partial charge in [-0.2, -0.15) is 0 Å². The Hall–Kier alpha value is -2.93. The van der Waals surface area contributed by atoms with Gasteiger partial charge in [-0.05, 0) is 12.1 Å². The van der Waals surface area contributed by atoms with Gasteiger partial charge in [0.25, 0.3) is 0 Å². The molecule has 1 saturated heterocycles. The number of ether oxygens (including phenoxy) is 3. The van der Waals surface area contributed by atoms with Crippen molar-refractivity contribution in [1.82, 2.24) is 0 Å². The van der Waals surface area contributed by atoms with Gasteiger partial charge in [0.1, 0.15) is 0 Å². The van der Waals surface area contributed by atoms with E-state index in [0.717, 1.165) is 0 Å². The number of hydrogen-bond donors (Lipinski definition) is 1. The average Bonchev–Trinajstić information content (AvgIpc) is 3.09. The van der Waals surface area contributed by atoms with E-state index in [4.69, 9.17) is 25.8 Å². The number of hydrogen-bond acceptors (Lipinski definition) is 5. The molecule has 1 atom stereocenters. The summed E-state index contributed by atoms with van der Waals surface area (Å²) in [5, 5.41) is 3.30. The van der Waals surface area contributed by atoms with Crippen LogP contribution in [0.3, 0.4) is 0 Å². The number of amides is 2. The van der Waals surface area contributed by atoms with Crippen molar-refractivity contribution in [3.05, 3.63) is 41.4 Å². The quantitative estimate of drug-likeness (QED) is 0.798. The molecular formula is C20H21ClN2O5. The van der Waals surface area contributed by atoms with Crippen LogP contribution < -0.4 is 24.4 Å². The summed E-state index contributed by atoms with van der Waals surface area (Å²) in [6.45, 7) is 0.263.